The van der Waals surface area contributed by atoms with Crippen LogP contribution in [0.2, 0.25) is 0 Å². The van der Waals surface area contributed by atoms with E-state index in [2.05, 4.69) is 10.3 Å². The summed E-state index contributed by atoms with van der Waals surface area (Å²) >= 11 is 0. The molecule has 98 valence electrons. The molecule has 18 heavy (non-hydrogen) atoms. The van der Waals surface area contributed by atoms with Crippen molar-refractivity contribution >= 4 is 5.82 Å². The largest absolute Gasteiger partial charge is 0.389 e. The third kappa shape index (κ3) is 4.24. The van der Waals surface area contributed by atoms with E-state index in [1.54, 1.807) is 19.9 Å². The molecule has 0 aliphatic carbocycles. The summed E-state index contributed by atoms with van der Waals surface area (Å²) in [6, 6.07) is 3.76. The Morgan fingerprint density at radius 3 is 2.61 bits per heavy atom. The van der Waals surface area contributed by atoms with Gasteiger partial charge in [0.15, 0.2) is 0 Å². The van der Waals surface area contributed by atoms with Gasteiger partial charge in [-0.2, -0.15) is 18.4 Å². The number of pyridine rings is 1. The molecule has 1 aromatic rings. The molecule has 0 bridgehead atoms. The number of rotatable bonds is 4. The van der Waals surface area contributed by atoms with Crippen LogP contribution >= 0.6 is 0 Å². The maximum atomic E-state index is 12.0. The molecular weight excluding hydrogens is 243 g/mol. The normalized spacial score (nSPS) is 11.1. The van der Waals surface area contributed by atoms with Crippen LogP contribution in [0.1, 0.15) is 29.7 Å². The van der Waals surface area contributed by atoms with Crippen molar-refractivity contribution in [2.75, 3.05) is 11.9 Å². The van der Waals surface area contributed by atoms with E-state index in [0.717, 1.165) is 11.3 Å². The number of alkyl halides is 3. The molecule has 0 atom stereocenters. The van der Waals surface area contributed by atoms with Crippen LogP contribution in [0, 0.1) is 25.2 Å². The van der Waals surface area contributed by atoms with E-state index in [-0.39, 0.29) is 13.0 Å². The lowest BCUT2D eigenvalue weighted by molar-refractivity contribution is -0.134. The van der Waals surface area contributed by atoms with E-state index in [9.17, 15) is 13.2 Å². The summed E-state index contributed by atoms with van der Waals surface area (Å²) in [4.78, 5) is 4.12. The lowest BCUT2D eigenvalue weighted by Crippen LogP contribution is -2.12. The number of nitrogens with zero attached hydrogens (tertiary/aromatic N) is 2. The first-order valence-electron chi connectivity index (χ1n) is 5.52. The van der Waals surface area contributed by atoms with Gasteiger partial charge in [-0.05, 0) is 31.9 Å². The highest BCUT2D eigenvalue weighted by atomic mass is 19.4. The molecule has 0 radical (unpaired) electrons. The van der Waals surface area contributed by atoms with Gasteiger partial charge in [0.2, 0.25) is 0 Å². The first kappa shape index (κ1) is 14.3. The Hall–Kier alpha value is -1.77. The number of hydrogen-bond donors (Lipinski definition) is 1. The molecule has 1 aromatic heterocycles. The van der Waals surface area contributed by atoms with Gasteiger partial charge in [0, 0.05) is 18.7 Å². The number of nitrogens with one attached hydrogen (secondary N) is 1. The summed E-state index contributed by atoms with van der Waals surface area (Å²) in [6.07, 6.45) is -5.02. The molecule has 0 saturated carbocycles. The number of anilines is 1. The fourth-order valence-corrected chi connectivity index (χ4v) is 1.60. The van der Waals surface area contributed by atoms with E-state index in [4.69, 9.17) is 5.26 Å². The van der Waals surface area contributed by atoms with Crippen LogP contribution in [0.5, 0.6) is 0 Å². The summed E-state index contributed by atoms with van der Waals surface area (Å²) in [6.45, 7) is 3.69. The van der Waals surface area contributed by atoms with Crippen molar-refractivity contribution in [3.63, 3.8) is 0 Å². The zero-order valence-electron chi connectivity index (χ0n) is 10.2. The van der Waals surface area contributed by atoms with Gasteiger partial charge in [0.05, 0.1) is 5.56 Å². The van der Waals surface area contributed by atoms with Gasteiger partial charge in [-0.1, -0.05) is 0 Å². The Morgan fingerprint density at radius 2 is 2.06 bits per heavy atom. The highest BCUT2D eigenvalue weighted by Gasteiger charge is 2.25. The topological polar surface area (TPSA) is 48.7 Å². The van der Waals surface area contributed by atoms with Gasteiger partial charge >= 0.3 is 6.18 Å². The summed E-state index contributed by atoms with van der Waals surface area (Å²) in [5.74, 6) is 0.358. The second-order valence-corrected chi connectivity index (χ2v) is 4.06. The Labute approximate surface area is 104 Å². The zero-order chi connectivity index (χ0) is 13.8. The zero-order valence-corrected chi connectivity index (χ0v) is 10.2. The van der Waals surface area contributed by atoms with E-state index >= 15 is 0 Å². The van der Waals surface area contributed by atoms with Crippen molar-refractivity contribution in [3.8, 4) is 6.07 Å². The monoisotopic (exact) mass is 257 g/mol. The highest BCUT2D eigenvalue weighted by Crippen LogP contribution is 2.22. The Bertz CT molecular complexity index is 461. The first-order valence-corrected chi connectivity index (χ1v) is 5.52. The second-order valence-electron chi connectivity index (χ2n) is 4.06. The van der Waals surface area contributed by atoms with E-state index < -0.39 is 12.6 Å². The molecule has 1 rings (SSSR count). The molecule has 0 unspecified atom stereocenters. The lowest BCUT2D eigenvalue weighted by atomic mass is 10.1. The van der Waals surface area contributed by atoms with Gasteiger partial charge in [0.25, 0.3) is 0 Å². The molecule has 0 amide bonds. The van der Waals surface area contributed by atoms with Crippen molar-refractivity contribution < 1.29 is 13.2 Å². The van der Waals surface area contributed by atoms with Crippen LogP contribution in [-0.2, 0) is 0 Å². The van der Waals surface area contributed by atoms with Gasteiger partial charge in [-0.3, -0.25) is 0 Å². The SMILES string of the molecule is Cc1cc(C)c(C#N)c(NCCCC(F)(F)F)n1. The maximum absolute atomic E-state index is 12.0. The minimum atomic E-state index is -4.14. The minimum absolute atomic E-state index is 0.0387. The van der Waals surface area contributed by atoms with Gasteiger partial charge in [0.1, 0.15) is 11.9 Å². The van der Waals surface area contributed by atoms with Crippen LogP contribution in [0.3, 0.4) is 0 Å². The third-order valence-electron chi connectivity index (χ3n) is 2.39. The predicted molar refractivity (Wildman–Crippen MR) is 62.2 cm³/mol. The maximum Gasteiger partial charge on any atom is 0.389 e. The van der Waals surface area contributed by atoms with Gasteiger partial charge in [-0.15, -0.1) is 0 Å². The van der Waals surface area contributed by atoms with Crippen LogP contribution in [0.4, 0.5) is 19.0 Å². The average Bonchev–Trinajstić information content (AvgIpc) is 2.22. The number of aromatic nitrogens is 1. The molecule has 0 aliphatic rings. The van der Waals surface area contributed by atoms with E-state index in [0.29, 0.717) is 11.4 Å². The summed E-state index contributed by atoms with van der Waals surface area (Å²) in [5.41, 5.74) is 1.88. The van der Waals surface area contributed by atoms with Crippen LogP contribution in [-0.4, -0.2) is 17.7 Å². The average molecular weight is 257 g/mol. The summed E-state index contributed by atoms with van der Waals surface area (Å²) in [7, 11) is 0. The number of aryl methyl sites for hydroxylation is 2. The van der Waals surface area contributed by atoms with Gasteiger partial charge < -0.3 is 5.32 Å². The lowest BCUT2D eigenvalue weighted by Gasteiger charge is -2.11. The van der Waals surface area contributed by atoms with Gasteiger partial charge in [-0.25, -0.2) is 4.98 Å². The fraction of sp³-hybridized carbons (Fsp3) is 0.500. The quantitative estimate of drug-likeness (QED) is 0.842. The van der Waals surface area contributed by atoms with Crippen molar-refractivity contribution in [3.05, 3.63) is 22.9 Å². The van der Waals surface area contributed by atoms with Crippen molar-refractivity contribution in [2.45, 2.75) is 32.9 Å². The van der Waals surface area contributed by atoms with Crippen LogP contribution in [0.25, 0.3) is 0 Å². The van der Waals surface area contributed by atoms with Crippen LogP contribution in [0.15, 0.2) is 6.07 Å². The Kier molecular flexibility index (Phi) is 4.54. The molecule has 1 heterocycles. The Morgan fingerprint density at radius 1 is 1.39 bits per heavy atom. The van der Waals surface area contributed by atoms with Crippen molar-refractivity contribution in [1.29, 1.82) is 5.26 Å². The predicted octanol–water partition coefficient (Wildman–Crippen LogP) is 3.32. The minimum Gasteiger partial charge on any atom is -0.369 e. The van der Waals surface area contributed by atoms with Crippen molar-refractivity contribution in [2.24, 2.45) is 0 Å². The molecule has 0 aliphatic heterocycles. The number of hydrogen-bond acceptors (Lipinski definition) is 3. The molecule has 0 aromatic carbocycles. The number of halogens is 3. The standard InChI is InChI=1S/C12H14F3N3/c1-8-6-9(2)18-11(10(8)7-16)17-5-3-4-12(13,14)15/h6H,3-5H2,1-2H3,(H,17,18). The summed E-state index contributed by atoms with van der Waals surface area (Å²) < 4.78 is 35.9. The van der Waals surface area contributed by atoms with E-state index in [1.165, 1.54) is 0 Å². The molecule has 3 nitrogen and oxygen atoms in total. The number of nitriles is 1. The molecule has 0 spiro atoms. The smallest absolute Gasteiger partial charge is 0.369 e. The molecular formula is C12H14F3N3. The third-order valence-corrected chi connectivity index (χ3v) is 2.39. The first-order chi connectivity index (χ1) is 8.33. The van der Waals surface area contributed by atoms with Crippen LogP contribution < -0.4 is 5.32 Å². The molecule has 0 fully saturated rings. The molecule has 1 N–H and O–H groups in total. The highest BCUT2D eigenvalue weighted by molar-refractivity contribution is 5.56. The Balaban J connectivity index is 2.65. The molecule has 6 heteroatoms. The van der Waals surface area contributed by atoms with Crippen molar-refractivity contribution in [1.82, 2.24) is 4.98 Å². The van der Waals surface area contributed by atoms with E-state index in [1.807, 2.05) is 6.07 Å². The summed E-state index contributed by atoms with van der Waals surface area (Å²) in [5, 5.41) is 11.8. The molecule has 0 saturated heterocycles. The fourth-order valence-electron chi connectivity index (χ4n) is 1.60. The second kappa shape index (κ2) is 5.71.